The highest BCUT2D eigenvalue weighted by Gasteiger charge is 2.24. The normalized spacial score (nSPS) is 13.8. The molecule has 0 bridgehead atoms. The fraction of sp³-hybridized carbons (Fsp3) is 0.0714. The molecule has 0 unspecified atom stereocenters. The summed E-state index contributed by atoms with van der Waals surface area (Å²) >= 11 is 0. The third-order valence-corrected chi connectivity index (χ3v) is 4.60. The number of fused-ring (bicyclic) bond motifs is 2. The summed E-state index contributed by atoms with van der Waals surface area (Å²) in [5, 5.41) is 0. The summed E-state index contributed by atoms with van der Waals surface area (Å²) in [7, 11) is 1.49. The van der Waals surface area contributed by atoms with Gasteiger partial charge in [-0.05, 0) is 29.7 Å². The summed E-state index contributed by atoms with van der Waals surface area (Å²) < 4.78 is 22.7. The number of ketones is 1. The molecule has 0 aliphatic heterocycles. The lowest BCUT2D eigenvalue weighted by atomic mass is 9.85. The molecule has 3 nitrogen and oxygen atoms in total. The van der Waals surface area contributed by atoms with Gasteiger partial charge in [0.15, 0.2) is 5.78 Å². The second kappa shape index (κ2) is 4.18. The van der Waals surface area contributed by atoms with Crippen LogP contribution >= 0.6 is 10.7 Å². The average molecular weight is 293 g/mol. The van der Waals surface area contributed by atoms with Gasteiger partial charge in [-0.2, -0.15) is 0 Å². The third-order valence-electron chi connectivity index (χ3n) is 3.25. The molecule has 96 valence electrons. The van der Waals surface area contributed by atoms with Crippen LogP contribution in [0.3, 0.4) is 0 Å². The SMILES string of the molecule is O=C1c2ccccc2Cc2ccc(S(=O)(=O)Cl)cc21. The van der Waals surface area contributed by atoms with Gasteiger partial charge in [0.25, 0.3) is 9.05 Å². The van der Waals surface area contributed by atoms with E-state index in [9.17, 15) is 13.2 Å². The Labute approximate surface area is 115 Å². The molecule has 2 aromatic rings. The standard InChI is InChI=1S/C14H9ClO3S/c15-19(17,18)11-6-5-10-7-9-3-1-2-4-12(9)14(16)13(10)8-11/h1-6,8H,7H2. The summed E-state index contributed by atoms with van der Waals surface area (Å²) in [4.78, 5) is 12.3. The first-order valence-corrected chi connectivity index (χ1v) is 7.98. The van der Waals surface area contributed by atoms with E-state index in [2.05, 4.69) is 0 Å². The molecule has 19 heavy (non-hydrogen) atoms. The van der Waals surface area contributed by atoms with Gasteiger partial charge in [-0.3, -0.25) is 4.79 Å². The molecule has 0 fully saturated rings. The fourth-order valence-corrected chi connectivity index (χ4v) is 3.10. The van der Waals surface area contributed by atoms with Crippen molar-refractivity contribution >= 4 is 25.5 Å². The molecule has 0 aromatic heterocycles. The van der Waals surface area contributed by atoms with Gasteiger partial charge < -0.3 is 0 Å². The molecule has 1 aliphatic rings. The lowest BCUT2D eigenvalue weighted by Gasteiger charge is -2.18. The van der Waals surface area contributed by atoms with Crippen molar-refractivity contribution < 1.29 is 13.2 Å². The highest BCUT2D eigenvalue weighted by molar-refractivity contribution is 8.13. The Morgan fingerprint density at radius 3 is 2.37 bits per heavy atom. The monoisotopic (exact) mass is 292 g/mol. The predicted octanol–water partition coefficient (Wildman–Crippen LogP) is 2.75. The van der Waals surface area contributed by atoms with E-state index in [1.54, 1.807) is 18.2 Å². The lowest BCUT2D eigenvalue weighted by Crippen LogP contribution is -2.15. The van der Waals surface area contributed by atoms with Crippen LogP contribution in [0.25, 0.3) is 0 Å². The van der Waals surface area contributed by atoms with Gasteiger partial charge in [0, 0.05) is 21.8 Å². The van der Waals surface area contributed by atoms with Gasteiger partial charge in [0.05, 0.1) is 4.90 Å². The summed E-state index contributed by atoms with van der Waals surface area (Å²) in [6.07, 6.45) is 0.625. The summed E-state index contributed by atoms with van der Waals surface area (Å²) in [5.41, 5.74) is 2.83. The van der Waals surface area contributed by atoms with Gasteiger partial charge in [-0.25, -0.2) is 8.42 Å². The van der Waals surface area contributed by atoms with Crippen molar-refractivity contribution in [1.82, 2.24) is 0 Å². The molecule has 0 spiro atoms. The molecule has 1 aliphatic carbocycles. The van der Waals surface area contributed by atoms with Gasteiger partial charge >= 0.3 is 0 Å². The fourth-order valence-electron chi connectivity index (χ4n) is 2.32. The Morgan fingerprint density at radius 1 is 0.947 bits per heavy atom. The van der Waals surface area contributed by atoms with E-state index in [0.717, 1.165) is 11.1 Å². The van der Waals surface area contributed by atoms with Crippen molar-refractivity contribution in [3.05, 3.63) is 64.7 Å². The van der Waals surface area contributed by atoms with Crippen molar-refractivity contribution in [1.29, 1.82) is 0 Å². The van der Waals surface area contributed by atoms with Gasteiger partial charge in [0.1, 0.15) is 0 Å². The lowest BCUT2D eigenvalue weighted by molar-refractivity contribution is 0.103. The molecule has 0 heterocycles. The van der Waals surface area contributed by atoms with E-state index < -0.39 is 9.05 Å². The molecule has 0 saturated carbocycles. The van der Waals surface area contributed by atoms with E-state index in [4.69, 9.17) is 10.7 Å². The number of hydrogen-bond donors (Lipinski definition) is 0. The van der Waals surface area contributed by atoms with Crippen LogP contribution in [-0.2, 0) is 15.5 Å². The quantitative estimate of drug-likeness (QED) is 0.648. The molecular weight excluding hydrogens is 284 g/mol. The van der Waals surface area contributed by atoms with Crippen LogP contribution in [0.4, 0.5) is 0 Å². The smallest absolute Gasteiger partial charge is 0.261 e. The Morgan fingerprint density at radius 2 is 1.63 bits per heavy atom. The van der Waals surface area contributed by atoms with Crippen LogP contribution in [0.5, 0.6) is 0 Å². The maximum Gasteiger partial charge on any atom is 0.261 e. The maximum atomic E-state index is 12.3. The minimum Gasteiger partial charge on any atom is -0.289 e. The Balaban J connectivity index is 2.20. The molecule has 0 saturated heterocycles. The molecule has 5 heteroatoms. The molecule has 2 aromatic carbocycles. The zero-order valence-electron chi connectivity index (χ0n) is 9.76. The number of rotatable bonds is 1. The zero-order valence-corrected chi connectivity index (χ0v) is 11.3. The van der Waals surface area contributed by atoms with E-state index in [0.29, 0.717) is 17.5 Å². The zero-order chi connectivity index (χ0) is 13.6. The van der Waals surface area contributed by atoms with Crippen LogP contribution in [0.2, 0.25) is 0 Å². The minimum atomic E-state index is -3.82. The second-order valence-corrected chi connectivity index (χ2v) is 6.99. The van der Waals surface area contributed by atoms with Crippen LogP contribution in [0, 0.1) is 0 Å². The van der Waals surface area contributed by atoms with Crippen LogP contribution in [0.1, 0.15) is 27.0 Å². The number of carbonyl (C=O) groups excluding carboxylic acids is 1. The Kier molecular flexibility index (Phi) is 2.73. The predicted molar refractivity (Wildman–Crippen MR) is 72.2 cm³/mol. The largest absolute Gasteiger partial charge is 0.289 e. The number of benzene rings is 2. The van der Waals surface area contributed by atoms with Crippen molar-refractivity contribution in [2.75, 3.05) is 0 Å². The first-order chi connectivity index (χ1) is 8.97. The molecule has 0 atom stereocenters. The average Bonchev–Trinajstić information content (AvgIpc) is 2.37. The first kappa shape index (κ1) is 12.4. The van der Waals surface area contributed by atoms with Crippen molar-refractivity contribution in [3.8, 4) is 0 Å². The highest BCUT2D eigenvalue weighted by atomic mass is 35.7. The van der Waals surface area contributed by atoms with E-state index in [1.807, 2.05) is 12.1 Å². The van der Waals surface area contributed by atoms with Crippen molar-refractivity contribution in [2.24, 2.45) is 0 Å². The first-order valence-electron chi connectivity index (χ1n) is 5.67. The number of halogens is 1. The van der Waals surface area contributed by atoms with E-state index in [1.165, 1.54) is 12.1 Å². The summed E-state index contributed by atoms with van der Waals surface area (Å²) in [6, 6.07) is 11.8. The number of carbonyl (C=O) groups is 1. The number of hydrogen-bond acceptors (Lipinski definition) is 3. The van der Waals surface area contributed by atoms with Crippen LogP contribution in [0.15, 0.2) is 47.4 Å². The minimum absolute atomic E-state index is 0.0411. The van der Waals surface area contributed by atoms with Gasteiger partial charge in [-0.1, -0.05) is 30.3 Å². The Hall–Kier alpha value is -1.65. The maximum absolute atomic E-state index is 12.3. The molecular formula is C14H9ClO3S. The van der Waals surface area contributed by atoms with Crippen LogP contribution < -0.4 is 0 Å². The van der Waals surface area contributed by atoms with Crippen molar-refractivity contribution in [3.63, 3.8) is 0 Å². The molecule has 0 radical (unpaired) electrons. The van der Waals surface area contributed by atoms with Gasteiger partial charge in [-0.15, -0.1) is 0 Å². The van der Waals surface area contributed by atoms with E-state index >= 15 is 0 Å². The molecule has 0 amide bonds. The molecule has 0 N–H and O–H groups in total. The summed E-state index contributed by atoms with van der Waals surface area (Å²) in [6.45, 7) is 0. The van der Waals surface area contributed by atoms with Gasteiger partial charge in [0.2, 0.25) is 0 Å². The Bertz CT molecular complexity index is 794. The van der Waals surface area contributed by atoms with Crippen molar-refractivity contribution in [2.45, 2.75) is 11.3 Å². The highest BCUT2D eigenvalue weighted by Crippen LogP contribution is 2.29. The topological polar surface area (TPSA) is 51.2 Å². The molecule has 3 rings (SSSR count). The third kappa shape index (κ3) is 2.07. The second-order valence-electron chi connectivity index (χ2n) is 4.42. The van der Waals surface area contributed by atoms with Crippen LogP contribution in [-0.4, -0.2) is 14.2 Å². The summed E-state index contributed by atoms with van der Waals surface area (Å²) in [5.74, 6) is -0.154. The van der Waals surface area contributed by atoms with E-state index in [-0.39, 0.29) is 10.7 Å².